The fraction of sp³-hybridized carbons (Fsp3) is 0. The quantitative estimate of drug-likeness (QED) is 0.396. The number of hydrogen-bond acceptors (Lipinski definition) is 0. The van der Waals surface area contributed by atoms with Crippen LogP contribution in [0.15, 0.2) is 121 Å². The van der Waals surface area contributed by atoms with E-state index in [9.17, 15) is 0 Å². The second kappa shape index (κ2) is 11.8. The summed E-state index contributed by atoms with van der Waals surface area (Å²) in [5.74, 6) is 0. The average molecular weight is 360 g/mol. The van der Waals surface area contributed by atoms with E-state index in [1.54, 1.807) is 0 Å². The van der Waals surface area contributed by atoms with Gasteiger partial charge in [-0.2, -0.15) is 9.90 Å². The van der Waals surface area contributed by atoms with Gasteiger partial charge in [0, 0.05) is 0 Å². The molecule has 0 fully saturated rings. The summed E-state index contributed by atoms with van der Waals surface area (Å²) in [6.45, 7) is 0. The topological polar surface area (TPSA) is 31.5 Å². The van der Waals surface area contributed by atoms with Crippen LogP contribution in [0.3, 0.4) is 0 Å². The van der Waals surface area contributed by atoms with Crippen LogP contribution in [-0.4, -0.2) is 5.48 Å². The largest absolute Gasteiger partial charge is 0.412 e. The SMILES string of the molecule is O.P.c1ccc(-c2ccccc2)cc1.c1ccc(-c2ccccc2)cc1. The van der Waals surface area contributed by atoms with Gasteiger partial charge in [0.05, 0.1) is 0 Å². The zero-order valence-electron chi connectivity index (χ0n) is 14.8. The molecule has 0 aromatic heterocycles. The molecule has 1 unspecified atom stereocenters. The highest BCUT2D eigenvalue weighted by Crippen LogP contribution is 2.18. The lowest BCUT2D eigenvalue weighted by atomic mass is 10.1. The Kier molecular flexibility index (Phi) is 9.64. The third-order valence-corrected chi connectivity index (χ3v) is 3.76. The first-order valence-corrected chi connectivity index (χ1v) is 8.14. The highest BCUT2D eigenvalue weighted by molar-refractivity contribution is 6.92. The van der Waals surface area contributed by atoms with E-state index < -0.39 is 0 Å². The molecule has 2 N–H and O–H groups in total. The van der Waals surface area contributed by atoms with Crippen LogP contribution in [-0.2, 0) is 0 Å². The molecule has 0 saturated heterocycles. The summed E-state index contributed by atoms with van der Waals surface area (Å²) in [5.41, 5.74) is 5.10. The Morgan fingerprint density at radius 2 is 0.423 bits per heavy atom. The minimum atomic E-state index is 0. The summed E-state index contributed by atoms with van der Waals surface area (Å²) in [4.78, 5) is 0. The van der Waals surface area contributed by atoms with Crippen LogP contribution >= 0.6 is 9.90 Å². The molecule has 26 heavy (non-hydrogen) atoms. The molecular weight excluding hydrogens is 335 g/mol. The van der Waals surface area contributed by atoms with Gasteiger partial charge in [-0.1, -0.05) is 121 Å². The van der Waals surface area contributed by atoms with Crippen LogP contribution in [0.25, 0.3) is 22.3 Å². The lowest BCUT2D eigenvalue weighted by Gasteiger charge is -1.98. The summed E-state index contributed by atoms with van der Waals surface area (Å²) < 4.78 is 0. The van der Waals surface area contributed by atoms with Crippen molar-refractivity contribution < 1.29 is 5.48 Å². The molecule has 0 saturated carbocycles. The zero-order chi connectivity index (χ0) is 16.5. The molecule has 132 valence electrons. The van der Waals surface area contributed by atoms with Crippen molar-refractivity contribution in [3.8, 4) is 22.3 Å². The number of benzene rings is 4. The summed E-state index contributed by atoms with van der Waals surface area (Å²) in [6, 6.07) is 41.6. The summed E-state index contributed by atoms with van der Waals surface area (Å²) >= 11 is 0. The molecule has 0 spiro atoms. The van der Waals surface area contributed by atoms with E-state index in [1.165, 1.54) is 22.3 Å². The second-order valence-corrected chi connectivity index (χ2v) is 5.46. The van der Waals surface area contributed by atoms with E-state index in [0.717, 1.165) is 0 Å². The Balaban J connectivity index is 0.000000241. The fourth-order valence-corrected chi connectivity index (χ4v) is 2.52. The van der Waals surface area contributed by atoms with Gasteiger partial charge in [0.15, 0.2) is 0 Å². The van der Waals surface area contributed by atoms with Gasteiger partial charge < -0.3 is 5.48 Å². The van der Waals surface area contributed by atoms with Crippen molar-refractivity contribution in [2.24, 2.45) is 0 Å². The van der Waals surface area contributed by atoms with Gasteiger partial charge in [-0.15, -0.1) is 0 Å². The molecule has 0 heterocycles. The average Bonchev–Trinajstić information content (AvgIpc) is 2.71. The monoisotopic (exact) mass is 360 g/mol. The molecule has 0 aliphatic rings. The van der Waals surface area contributed by atoms with Crippen molar-refractivity contribution in [1.82, 2.24) is 0 Å². The van der Waals surface area contributed by atoms with Crippen LogP contribution in [0.4, 0.5) is 0 Å². The maximum absolute atomic E-state index is 2.12. The van der Waals surface area contributed by atoms with E-state index in [4.69, 9.17) is 0 Å². The molecule has 4 aromatic carbocycles. The van der Waals surface area contributed by atoms with E-state index >= 15 is 0 Å². The Hall–Kier alpha value is -2.73. The first kappa shape index (κ1) is 21.3. The first-order chi connectivity index (χ1) is 11.9. The first-order valence-electron chi connectivity index (χ1n) is 8.14. The predicted molar refractivity (Wildman–Crippen MR) is 118 cm³/mol. The summed E-state index contributed by atoms with van der Waals surface area (Å²) in [5, 5.41) is 0. The maximum Gasteiger partial charge on any atom is -0.0184 e. The van der Waals surface area contributed by atoms with E-state index in [-0.39, 0.29) is 15.4 Å². The third kappa shape index (κ3) is 6.29. The minimum absolute atomic E-state index is 0. The van der Waals surface area contributed by atoms with E-state index in [2.05, 4.69) is 97.1 Å². The maximum atomic E-state index is 2.12. The Bertz CT molecular complexity index is 682. The molecule has 2 heteroatoms. The van der Waals surface area contributed by atoms with Crippen molar-refractivity contribution in [3.05, 3.63) is 121 Å². The number of hydrogen-bond donors (Lipinski definition) is 0. The van der Waals surface area contributed by atoms with Gasteiger partial charge >= 0.3 is 0 Å². The molecule has 1 nitrogen and oxygen atoms in total. The van der Waals surface area contributed by atoms with Gasteiger partial charge in [0.25, 0.3) is 0 Å². The van der Waals surface area contributed by atoms with Crippen LogP contribution in [0.2, 0.25) is 0 Å². The molecule has 0 aliphatic heterocycles. The van der Waals surface area contributed by atoms with Crippen molar-refractivity contribution >= 4 is 9.90 Å². The molecular formula is C24H25OP. The highest BCUT2D eigenvalue weighted by atomic mass is 31.0. The van der Waals surface area contributed by atoms with Crippen LogP contribution < -0.4 is 0 Å². The highest BCUT2D eigenvalue weighted by Gasteiger charge is 1.92. The standard InChI is InChI=1S/2C12H10.H2O.H3P/c2*1-3-7-11(8-4-1)12-9-5-2-6-10-12;;/h2*1-10H;1H2;1H3. The van der Waals surface area contributed by atoms with Gasteiger partial charge in [-0.3, -0.25) is 0 Å². The zero-order valence-corrected chi connectivity index (χ0v) is 16.2. The molecule has 0 bridgehead atoms. The van der Waals surface area contributed by atoms with Gasteiger partial charge in [0.2, 0.25) is 0 Å². The molecule has 0 aliphatic carbocycles. The van der Waals surface area contributed by atoms with Gasteiger partial charge in [0.1, 0.15) is 0 Å². The number of rotatable bonds is 2. The smallest absolute Gasteiger partial charge is 0.0184 e. The van der Waals surface area contributed by atoms with E-state index in [0.29, 0.717) is 0 Å². The van der Waals surface area contributed by atoms with Crippen molar-refractivity contribution in [2.75, 3.05) is 0 Å². The molecule has 0 amide bonds. The third-order valence-electron chi connectivity index (χ3n) is 3.76. The summed E-state index contributed by atoms with van der Waals surface area (Å²) in [7, 11) is 0. The van der Waals surface area contributed by atoms with E-state index in [1.807, 2.05) is 24.3 Å². The second-order valence-electron chi connectivity index (χ2n) is 5.46. The molecule has 1 atom stereocenters. The normalized spacial score (nSPS) is 8.92. The van der Waals surface area contributed by atoms with Crippen molar-refractivity contribution in [3.63, 3.8) is 0 Å². The minimum Gasteiger partial charge on any atom is -0.412 e. The Morgan fingerprint density at radius 3 is 0.577 bits per heavy atom. The van der Waals surface area contributed by atoms with Crippen LogP contribution in [0.5, 0.6) is 0 Å². The van der Waals surface area contributed by atoms with Gasteiger partial charge in [-0.05, 0) is 22.3 Å². The van der Waals surface area contributed by atoms with Crippen LogP contribution in [0.1, 0.15) is 0 Å². The predicted octanol–water partition coefficient (Wildman–Crippen LogP) is 5.94. The summed E-state index contributed by atoms with van der Waals surface area (Å²) in [6.07, 6.45) is 0. The lowest BCUT2D eigenvalue weighted by Crippen LogP contribution is -1.73. The molecule has 0 radical (unpaired) electrons. The Labute approximate surface area is 159 Å². The van der Waals surface area contributed by atoms with Crippen LogP contribution in [0, 0.1) is 0 Å². The fourth-order valence-electron chi connectivity index (χ4n) is 2.52. The molecule has 4 aromatic rings. The van der Waals surface area contributed by atoms with Crippen molar-refractivity contribution in [2.45, 2.75) is 0 Å². The molecule has 4 rings (SSSR count). The Morgan fingerprint density at radius 1 is 0.269 bits per heavy atom. The van der Waals surface area contributed by atoms with Gasteiger partial charge in [-0.25, -0.2) is 0 Å². The lowest BCUT2D eigenvalue weighted by molar-refractivity contribution is 0.824. The van der Waals surface area contributed by atoms with Crippen molar-refractivity contribution in [1.29, 1.82) is 0 Å².